The van der Waals surface area contributed by atoms with E-state index in [1.54, 1.807) is 19.1 Å². The molecule has 1 rings (SSSR count). The number of unbranched alkanes of at least 4 members (excludes halogenated alkanes) is 3. The molecule has 0 aliphatic carbocycles. The summed E-state index contributed by atoms with van der Waals surface area (Å²) in [5.74, 6) is 0. The van der Waals surface area contributed by atoms with Crippen LogP contribution in [-0.4, -0.2) is 15.0 Å². The van der Waals surface area contributed by atoms with Gasteiger partial charge < -0.3 is 0 Å². The van der Waals surface area contributed by atoms with E-state index < -0.39 is 10.0 Å². The molecule has 0 aliphatic heterocycles. The highest BCUT2D eigenvalue weighted by Gasteiger charge is 2.16. The van der Waals surface area contributed by atoms with E-state index in [1.807, 2.05) is 6.07 Å². The predicted octanol–water partition coefficient (Wildman–Crippen LogP) is 3.62. The minimum absolute atomic E-state index is 0.354. The first-order chi connectivity index (χ1) is 8.47. The Morgan fingerprint density at radius 3 is 2.61 bits per heavy atom. The molecule has 102 valence electrons. The Labute approximate surface area is 118 Å². The molecule has 0 aromatic heterocycles. The molecule has 0 atom stereocenters. The predicted molar refractivity (Wildman–Crippen MR) is 78.2 cm³/mol. The van der Waals surface area contributed by atoms with Crippen LogP contribution in [0.3, 0.4) is 0 Å². The van der Waals surface area contributed by atoms with Crippen LogP contribution in [0.4, 0.5) is 0 Å². The molecule has 0 spiro atoms. The molecular formula is C13H20BrNO2S. The molecule has 1 aromatic rings. The number of rotatable bonds is 7. The second kappa shape index (κ2) is 7.26. The molecule has 5 heteroatoms. The van der Waals surface area contributed by atoms with Gasteiger partial charge in [0.25, 0.3) is 0 Å². The largest absolute Gasteiger partial charge is 0.240 e. The van der Waals surface area contributed by atoms with Gasteiger partial charge in [-0.25, -0.2) is 13.1 Å². The second-order valence-corrected chi connectivity index (χ2v) is 7.02. The normalized spacial score (nSPS) is 11.7. The fraction of sp³-hybridized carbons (Fsp3) is 0.538. The highest BCUT2D eigenvalue weighted by molar-refractivity contribution is 9.10. The smallest absolute Gasteiger partial charge is 0.211 e. The van der Waals surface area contributed by atoms with Crippen molar-refractivity contribution in [3.05, 3.63) is 28.2 Å². The molecule has 0 unspecified atom stereocenters. The Hall–Kier alpha value is -0.390. The number of hydrogen-bond donors (Lipinski definition) is 1. The van der Waals surface area contributed by atoms with E-state index in [0.29, 0.717) is 11.4 Å². The lowest BCUT2D eigenvalue weighted by Gasteiger charge is -2.09. The van der Waals surface area contributed by atoms with Crippen LogP contribution < -0.4 is 4.72 Å². The van der Waals surface area contributed by atoms with E-state index in [2.05, 4.69) is 27.6 Å². The Bertz CT molecular complexity index is 486. The lowest BCUT2D eigenvalue weighted by atomic mass is 10.2. The van der Waals surface area contributed by atoms with Crippen molar-refractivity contribution < 1.29 is 8.42 Å². The van der Waals surface area contributed by atoms with Gasteiger partial charge in [0.05, 0.1) is 4.90 Å². The Balaban J connectivity index is 2.66. The summed E-state index contributed by atoms with van der Waals surface area (Å²) in [6, 6.07) is 5.29. The molecule has 0 saturated heterocycles. The zero-order chi connectivity index (χ0) is 13.6. The second-order valence-electron chi connectivity index (χ2n) is 4.37. The van der Waals surface area contributed by atoms with E-state index in [4.69, 9.17) is 0 Å². The van der Waals surface area contributed by atoms with Crippen molar-refractivity contribution in [2.45, 2.75) is 44.4 Å². The van der Waals surface area contributed by atoms with Gasteiger partial charge in [-0.15, -0.1) is 0 Å². The highest BCUT2D eigenvalue weighted by atomic mass is 79.9. The van der Waals surface area contributed by atoms with Crippen LogP contribution in [0.1, 0.15) is 38.2 Å². The van der Waals surface area contributed by atoms with Gasteiger partial charge in [-0.1, -0.05) is 48.2 Å². The minimum atomic E-state index is -3.38. The minimum Gasteiger partial charge on any atom is -0.211 e. The maximum absolute atomic E-state index is 12.1. The number of hydrogen-bond acceptors (Lipinski definition) is 2. The van der Waals surface area contributed by atoms with Crippen molar-refractivity contribution in [1.29, 1.82) is 0 Å². The maximum atomic E-state index is 12.1. The Kier molecular flexibility index (Phi) is 6.32. The van der Waals surface area contributed by atoms with Gasteiger partial charge in [0.2, 0.25) is 10.0 Å². The number of halogens is 1. The van der Waals surface area contributed by atoms with Crippen LogP contribution in [0.2, 0.25) is 0 Å². The first-order valence-corrected chi connectivity index (χ1v) is 8.51. The summed E-state index contributed by atoms with van der Waals surface area (Å²) in [6.45, 7) is 4.45. The first kappa shape index (κ1) is 15.7. The summed E-state index contributed by atoms with van der Waals surface area (Å²) in [5.41, 5.74) is 0.763. The van der Waals surface area contributed by atoms with E-state index in [-0.39, 0.29) is 0 Å². The SMILES string of the molecule is CCCCCCNS(=O)(=O)c1cc(Br)ccc1C. The maximum Gasteiger partial charge on any atom is 0.240 e. The molecule has 0 saturated carbocycles. The molecule has 1 N–H and O–H groups in total. The third-order valence-corrected chi connectivity index (χ3v) is 4.86. The molecular weight excluding hydrogens is 314 g/mol. The lowest BCUT2D eigenvalue weighted by molar-refractivity contribution is 0.573. The molecule has 18 heavy (non-hydrogen) atoms. The summed E-state index contributed by atoms with van der Waals surface area (Å²) in [4.78, 5) is 0.354. The summed E-state index contributed by atoms with van der Waals surface area (Å²) in [5, 5.41) is 0. The van der Waals surface area contributed by atoms with Crippen LogP contribution >= 0.6 is 15.9 Å². The van der Waals surface area contributed by atoms with Gasteiger partial charge in [-0.2, -0.15) is 0 Å². The standard InChI is InChI=1S/C13H20BrNO2S/c1-3-4-5-6-9-15-18(16,17)13-10-12(14)8-7-11(13)2/h7-8,10,15H,3-6,9H2,1-2H3. The van der Waals surface area contributed by atoms with Gasteiger partial charge >= 0.3 is 0 Å². The van der Waals surface area contributed by atoms with Crippen LogP contribution in [0, 0.1) is 6.92 Å². The van der Waals surface area contributed by atoms with Crippen molar-refractivity contribution in [1.82, 2.24) is 4.72 Å². The van der Waals surface area contributed by atoms with E-state index >= 15 is 0 Å². The summed E-state index contributed by atoms with van der Waals surface area (Å²) < 4.78 is 27.6. The fourth-order valence-corrected chi connectivity index (χ4v) is 3.55. The lowest BCUT2D eigenvalue weighted by Crippen LogP contribution is -2.25. The summed E-state index contributed by atoms with van der Waals surface area (Å²) >= 11 is 3.30. The van der Waals surface area contributed by atoms with Crippen molar-refractivity contribution in [3.8, 4) is 0 Å². The molecule has 3 nitrogen and oxygen atoms in total. The molecule has 0 amide bonds. The van der Waals surface area contributed by atoms with Crippen LogP contribution in [0.15, 0.2) is 27.6 Å². The molecule has 0 radical (unpaired) electrons. The monoisotopic (exact) mass is 333 g/mol. The zero-order valence-electron chi connectivity index (χ0n) is 10.9. The Morgan fingerprint density at radius 1 is 1.22 bits per heavy atom. The van der Waals surface area contributed by atoms with Gasteiger partial charge in [-0.05, 0) is 31.0 Å². The average Bonchev–Trinajstić information content (AvgIpc) is 2.32. The van der Waals surface area contributed by atoms with Gasteiger partial charge in [0.15, 0.2) is 0 Å². The summed E-state index contributed by atoms with van der Waals surface area (Å²) in [7, 11) is -3.38. The third kappa shape index (κ3) is 4.71. The Morgan fingerprint density at radius 2 is 1.94 bits per heavy atom. The molecule has 0 aliphatic rings. The van der Waals surface area contributed by atoms with Crippen molar-refractivity contribution in [2.75, 3.05) is 6.54 Å². The van der Waals surface area contributed by atoms with Crippen LogP contribution in [0.25, 0.3) is 0 Å². The average molecular weight is 334 g/mol. The zero-order valence-corrected chi connectivity index (χ0v) is 13.3. The van der Waals surface area contributed by atoms with Gasteiger partial charge in [-0.3, -0.25) is 0 Å². The third-order valence-electron chi connectivity index (χ3n) is 2.76. The first-order valence-electron chi connectivity index (χ1n) is 6.23. The van der Waals surface area contributed by atoms with E-state index in [0.717, 1.165) is 35.7 Å². The topological polar surface area (TPSA) is 46.2 Å². The molecule has 1 aromatic carbocycles. The number of sulfonamides is 1. The molecule has 0 bridgehead atoms. The van der Waals surface area contributed by atoms with Crippen molar-refractivity contribution in [2.24, 2.45) is 0 Å². The molecule has 0 fully saturated rings. The molecule has 0 heterocycles. The van der Waals surface area contributed by atoms with Crippen LogP contribution in [0.5, 0.6) is 0 Å². The number of nitrogens with one attached hydrogen (secondary N) is 1. The van der Waals surface area contributed by atoms with Crippen LogP contribution in [-0.2, 0) is 10.0 Å². The quantitative estimate of drug-likeness (QED) is 0.774. The number of aryl methyl sites for hydroxylation is 1. The van der Waals surface area contributed by atoms with Crippen molar-refractivity contribution >= 4 is 26.0 Å². The van der Waals surface area contributed by atoms with Crippen molar-refractivity contribution in [3.63, 3.8) is 0 Å². The fourth-order valence-electron chi connectivity index (χ4n) is 1.70. The highest BCUT2D eigenvalue weighted by Crippen LogP contribution is 2.20. The number of benzene rings is 1. The summed E-state index contributed by atoms with van der Waals surface area (Å²) in [6.07, 6.45) is 4.26. The van der Waals surface area contributed by atoms with E-state index in [1.165, 1.54) is 0 Å². The van der Waals surface area contributed by atoms with E-state index in [9.17, 15) is 8.42 Å². The van der Waals surface area contributed by atoms with Gasteiger partial charge in [0.1, 0.15) is 0 Å². The van der Waals surface area contributed by atoms with Gasteiger partial charge in [0, 0.05) is 11.0 Å².